The minimum Gasteiger partial charge on any atom is -0.427 e. The van der Waals surface area contributed by atoms with E-state index in [1.807, 2.05) is 19.1 Å². The molecule has 0 aromatic heterocycles. The van der Waals surface area contributed by atoms with Gasteiger partial charge in [-0.2, -0.15) is 0 Å². The fourth-order valence-corrected chi connectivity index (χ4v) is 3.96. The zero-order chi connectivity index (χ0) is 16.9. The second kappa shape index (κ2) is 7.83. The maximum atomic E-state index is 11.4. The highest BCUT2D eigenvalue weighted by molar-refractivity contribution is 5.85. The van der Waals surface area contributed by atoms with Gasteiger partial charge in [-0.25, -0.2) is 0 Å². The topological polar surface area (TPSA) is 26.3 Å². The summed E-state index contributed by atoms with van der Waals surface area (Å²) < 4.78 is 5.31. The van der Waals surface area contributed by atoms with E-state index in [2.05, 4.69) is 31.2 Å². The zero-order valence-corrected chi connectivity index (χ0v) is 14.9. The third-order valence-corrected chi connectivity index (χ3v) is 5.37. The van der Waals surface area contributed by atoms with Gasteiger partial charge in [-0.05, 0) is 66.0 Å². The number of esters is 1. The van der Waals surface area contributed by atoms with E-state index < -0.39 is 0 Å². The summed E-state index contributed by atoms with van der Waals surface area (Å²) in [7, 11) is 0. The van der Waals surface area contributed by atoms with Crippen molar-refractivity contribution in [1.29, 1.82) is 0 Å². The number of hydrogen-bond acceptors (Lipinski definition) is 2. The van der Waals surface area contributed by atoms with Crippen LogP contribution in [0.3, 0.4) is 0 Å². The lowest BCUT2D eigenvalue weighted by molar-refractivity contribution is -0.134. The fourth-order valence-electron chi connectivity index (χ4n) is 3.96. The Kier molecular flexibility index (Phi) is 5.55. The van der Waals surface area contributed by atoms with Gasteiger partial charge in [0.1, 0.15) is 5.75 Å². The molecule has 0 amide bonds. The molecule has 24 heavy (non-hydrogen) atoms. The minimum atomic E-state index is -0.185. The second-order valence-corrected chi connectivity index (χ2v) is 7.10. The summed E-state index contributed by atoms with van der Waals surface area (Å²) in [6, 6.07) is 12.7. The van der Waals surface area contributed by atoms with Crippen molar-refractivity contribution in [2.24, 2.45) is 5.92 Å². The van der Waals surface area contributed by atoms with Crippen LogP contribution < -0.4 is 4.74 Å². The number of rotatable bonds is 5. The van der Waals surface area contributed by atoms with E-state index in [-0.39, 0.29) is 5.97 Å². The molecule has 1 aliphatic rings. The first-order valence-corrected chi connectivity index (χ1v) is 9.44. The van der Waals surface area contributed by atoms with Gasteiger partial charge in [0.05, 0.1) is 0 Å². The van der Waals surface area contributed by atoms with Gasteiger partial charge < -0.3 is 4.74 Å². The molecule has 0 bridgehead atoms. The number of fused-ring (bicyclic) bond motifs is 1. The molecule has 1 saturated carbocycles. The average Bonchev–Trinajstić information content (AvgIpc) is 2.62. The first-order chi connectivity index (χ1) is 11.7. The van der Waals surface area contributed by atoms with Crippen molar-refractivity contribution in [2.45, 2.75) is 64.7 Å². The highest BCUT2D eigenvalue weighted by atomic mass is 16.5. The molecule has 0 N–H and O–H groups in total. The molecule has 2 aromatic carbocycles. The Bertz CT molecular complexity index is 696. The predicted octanol–water partition coefficient (Wildman–Crippen LogP) is 6.23. The van der Waals surface area contributed by atoms with Crippen LogP contribution in [-0.2, 0) is 4.79 Å². The van der Waals surface area contributed by atoms with Gasteiger partial charge in [-0.15, -0.1) is 0 Å². The molecule has 2 aromatic rings. The molecular formula is C22H28O2. The molecule has 0 saturated heterocycles. The molecule has 1 aliphatic carbocycles. The van der Waals surface area contributed by atoms with Crippen LogP contribution in [0, 0.1) is 5.92 Å². The van der Waals surface area contributed by atoms with Crippen LogP contribution in [0.15, 0.2) is 36.4 Å². The fraction of sp³-hybridized carbons (Fsp3) is 0.500. The minimum absolute atomic E-state index is 0.185. The van der Waals surface area contributed by atoms with Crippen molar-refractivity contribution in [3.8, 4) is 5.75 Å². The number of carbonyl (C=O) groups is 1. The molecule has 128 valence electrons. The van der Waals surface area contributed by atoms with Gasteiger partial charge in [0.25, 0.3) is 0 Å². The van der Waals surface area contributed by atoms with Crippen LogP contribution in [0.25, 0.3) is 10.8 Å². The second-order valence-electron chi connectivity index (χ2n) is 7.10. The maximum absolute atomic E-state index is 11.4. The number of benzene rings is 2. The smallest absolute Gasteiger partial charge is 0.310 e. The van der Waals surface area contributed by atoms with E-state index >= 15 is 0 Å². The average molecular weight is 324 g/mol. The third-order valence-electron chi connectivity index (χ3n) is 5.37. The zero-order valence-electron chi connectivity index (χ0n) is 14.9. The van der Waals surface area contributed by atoms with Crippen LogP contribution in [0.1, 0.15) is 70.3 Å². The summed E-state index contributed by atoms with van der Waals surface area (Å²) in [5.41, 5.74) is 1.47. The molecule has 2 nitrogen and oxygen atoms in total. The Balaban J connectivity index is 1.72. The van der Waals surface area contributed by atoms with E-state index in [1.165, 1.54) is 49.5 Å². The predicted molar refractivity (Wildman–Crippen MR) is 99.5 cm³/mol. The molecule has 0 spiro atoms. The van der Waals surface area contributed by atoms with E-state index in [0.717, 1.165) is 11.3 Å². The van der Waals surface area contributed by atoms with Gasteiger partial charge in [0.2, 0.25) is 0 Å². The normalized spacial score (nSPS) is 20.9. The van der Waals surface area contributed by atoms with Crippen molar-refractivity contribution < 1.29 is 9.53 Å². The summed E-state index contributed by atoms with van der Waals surface area (Å²) in [4.78, 5) is 11.4. The van der Waals surface area contributed by atoms with Crippen molar-refractivity contribution in [3.63, 3.8) is 0 Å². The molecular weight excluding hydrogens is 296 g/mol. The summed E-state index contributed by atoms with van der Waals surface area (Å²) in [6.07, 6.45) is 8.51. The molecule has 2 heteroatoms. The Morgan fingerprint density at radius 2 is 1.71 bits per heavy atom. The Labute approximate surface area is 145 Å². The summed E-state index contributed by atoms with van der Waals surface area (Å²) in [5, 5.41) is 2.37. The van der Waals surface area contributed by atoms with E-state index in [4.69, 9.17) is 4.74 Å². The number of hydrogen-bond donors (Lipinski definition) is 0. The lowest BCUT2D eigenvalue weighted by Gasteiger charge is -2.28. The highest BCUT2D eigenvalue weighted by Crippen LogP contribution is 2.38. The largest absolute Gasteiger partial charge is 0.427 e. The molecule has 0 unspecified atom stereocenters. The Morgan fingerprint density at radius 3 is 2.42 bits per heavy atom. The number of carbonyl (C=O) groups excluding carboxylic acids is 1. The van der Waals surface area contributed by atoms with Gasteiger partial charge in [0, 0.05) is 6.42 Å². The molecule has 0 radical (unpaired) electrons. The Morgan fingerprint density at radius 1 is 1.00 bits per heavy atom. The number of ether oxygens (including phenoxy) is 1. The van der Waals surface area contributed by atoms with Gasteiger partial charge in [-0.3, -0.25) is 4.79 Å². The standard InChI is InChI=1S/C22H28O2/c1-3-5-16-6-8-17(9-7-16)18-10-11-20-15-21(24-22(23)4-2)13-12-19(20)14-18/h10-17H,3-9H2,1-2H3/t16-,17-. The van der Waals surface area contributed by atoms with Crippen LogP contribution in [0.4, 0.5) is 0 Å². The first kappa shape index (κ1) is 17.0. The maximum Gasteiger partial charge on any atom is 0.310 e. The van der Waals surface area contributed by atoms with Crippen LogP contribution in [0.5, 0.6) is 5.75 Å². The summed E-state index contributed by atoms with van der Waals surface area (Å²) in [6.45, 7) is 4.10. The molecule has 0 heterocycles. The highest BCUT2D eigenvalue weighted by Gasteiger charge is 2.21. The van der Waals surface area contributed by atoms with E-state index in [9.17, 15) is 4.79 Å². The SMILES string of the molecule is CCC[C@H]1CC[C@H](c2ccc3cc(OC(=O)CC)ccc3c2)CC1. The summed E-state index contributed by atoms with van der Waals surface area (Å²) in [5.74, 6) is 2.11. The van der Waals surface area contributed by atoms with E-state index in [1.54, 1.807) is 0 Å². The molecule has 0 atom stereocenters. The van der Waals surface area contributed by atoms with Gasteiger partial charge >= 0.3 is 5.97 Å². The molecule has 1 fully saturated rings. The Hall–Kier alpha value is -1.83. The van der Waals surface area contributed by atoms with E-state index in [0.29, 0.717) is 18.1 Å². The molecule has 3 rings (SSSR count). The summed E-state index contributed by atoms with van der Waals surface area (Å²) >= 11 is 0. The lowest BCUT2D eigenvalue weighted by atomic mass is 9.77. The lowest BCUT2D eigenvalue weighted by Crippen LogP contribution is -2.13. The monoisotopic (exact) mass is 324 g/mol. The third kappa shape index (κ3) is 3.98. The van der Waals surface area contributed by atoms with Crippen molar-refractivity contribution >= 4 is 16.7 Å². The van der Waals surface area contributed by atoms with Crippen LogP contribution in [-0.4, -0.2) is 5.97 Å². The first-order valence-electron chi connectivity index (χ1n) is 9.44. The van der Waals surface area contributed by atoms with Crippen molar-refractivity contribution in [1.82, 2.24) is 0 Å². The van der Waals surface area contributed by atoms with Crippen LogP contribution in [0.2, 0.25) is 0 Å². The van der Waals surface area contributed by atoms with Crippen molar-refractivity contribution in [2.75, 3.05) is 0 Å². The van der Waals surface area contributed by atoms with Crippen molar-refractivity contribution in [3.05, 3.63) is 42.0 Å². The van der Waals surface area contributed by atoms with Crippen LogP contribution >= 0.6 is 0 Å². The van der Waals surface area contributed by atoms with Gasteiger partial charge in [0.15, 0.2) is 0 Å². The quantitative estimate of drug-likeness (QED) is 0.481. The van der Waals surface area contributed by atoms with Gasteiger partial charge in [-0.1, -0.05) is 51.0 Å². The molecule has 0 aliphatic heterocycles.